The molecule has 144 valence electrons. The molecule has 27 heavy (non-hydrogen) atoms. The van der Waals surface area contributed by atoms with Crippen LogP contribution in [0.2, 0.25) is 5.02 Å². The molecule has 2 aromatic carbocycles. The van der Waals surface area contributed by atoms with Crippen molar-refractivity contribution in [2.45, 2.75) is 17.7 Å². The third-order valence-corrected chi connectivity index (χ3v) is 6.56. The molecule has 1 saturated heterocycles. The third kappa shape index (κ3) is 4.45. The molecule has 0 radical (unpaired) electrons. The van der Waals surface area contributed by atoms with E-state index in [9.17, 15) is 22.0 Å². The van der Waals surface area contributed by atoms with Crippen molar-refractivity contribution in [1.29, 1.82) is 0 Å². The fraction of sp³-hybridized carbons (Fsp3) is 0.278. The molecule has 0 unspecified atom stereocenters. The van der Waals surface area contributed by atoms with Crippen molar-refractivity contribution in [3.63, 3.8) is 0 Å². The molecule has 1 heterocycles. The first-order valence-corrected chi connectivity index (χ1v) is 10.1. The molecule has 1 aliphatic heterocycles. The Bertz CT molecular complexity index is 952. The molecular weight excluding hydrogens is 398 g/mol. The lowest BCUT2D eigenvalue weighted by molar-refractivity contribution is -0.120. The Balaban J connectivity index is 1.72. The summed E-state index contributed by atoms with van der Waals surface area (Å²) in [5.74, 6) is -2.04. The summed E-state index contributed by atoms with van der Waals surface area (Å²) >= 11 is 5.70. The molecule has 1 N–H and O–H groups in total. The highest BCUT2D eigenvalue weighted by Crippen LogP contribution is 2.26. The van der Waals surface area contributed by atoms with Crippen LogP contribution in [-0.2, 0) is 14.8 Å². The van der Waals surface area contributed by atoms with E-state index < -0.39 is 27.6 Å². The Morgan fingerprint density at radius 2 is 1.85 bits per heavy atom. The first kappa shape index (κ1) is 19.7. The molecule has 0 spiro atoms. The normalized spacial score (nSPS) is 18.3. The lowest BCUT2D eigenvalue weighted by Crippen LogP contribution is -2.43. The van der Waals surface area contributed by atoms with Gasteiger partial charge in [-0.1, -0.05) is 11.6 Å². The Kier molecular flexibility index (Phi) is 5.78. The number of hydrogen-bond acceptors (Lipinski definition) is 3. The number of nitrogens with zero attached hydrogens (tertiary/aromatic N) is 1. The number of piperidine rings is 1. The number of carbonyl (C=O) groups is 1. The highest BCUT2D eigenvalue weighted by atomic mass is 35.5. The van der Waals surface area contributed by atoms with Gasteiger partial charge in [0, 0.05) is 18.8 Å². The Morgan fingerprint density at radius 3 is 2.52 bits per heavy atom. The zero-order valence-corrected chi connectivity index (χ0v) is 15.7. The predicted octanol–water partition coefficient (Wildman–Crippen LogP) is 3.66. The van der Waals surface area contributed by atoms with Crippen LogP contribution in [0.5, 0.6) is 0 Å². The standard InChI is InChI=1S/C18H17ClF2N2O3S/c19-16-10-14(5-8-17(16)21)22-18(24)12-2-1-9-23(11-12)27(25,26)15-6-3-13(20)4-7-15/h3-8,10,12H,1-2,9,11H2,(H,22,24)/t12-/m1/s1. The maximum absolute atomic E-state index is 13.2. The van der Waals surface area contributed by atoms with E-state index in [-0.39, 0.29) is 28.9 Å². The van der Waals surface area contributed by atoms with Gasteiger partial charge in [0.2, 0.25) is 15.9 Å². The molecule has 5 nitrogen and oxygen atoms in total. The van der Waals surface area contributed by atoms with Crippen LogP contribution in [0.3, 0.4) is 0 Å². The van der Waals surface area contributed by atoms with Crippen molar-refractivity contribution in [2.24, 2.45) is 5.92 Å². The van der Waals surface area contributed by atoms with E-state index in [4.69, 9.17) is 11.6 Å². The van der Waals surface area contributed by atoms with Gasteiger partial charge in [-0.15, -0.1) is 0 Å². The van der Waals surface area contributed by atoms with Gasteiger partial charge in [0.1, 0.15) is 11.6 Å². The van der Waals surface area contributed by atoms with E-state index in [0.717, 1.165) is 18.2 Å². The van der Waals surface area contributed by atoms with Crippen LogP contribution in [0.4, 0.5) is 14.5 Å². The van der Waals surface area contributed by atoms with Crippen LogP contribution in [0.15, 0.2) is 47.4 Å². The molecule has 3 rings (SSSR count). The minimum atomic E-state index is -3.81. The SMILES string of the molecule is O=C(Nc1ccc(F)c(Cl)c1)[C@@H]1CCCN(S(=O)(=O)c2ccc(F)cc2)C1. The second kappa shape index (κ2) is 7.92. The van der Waals surface area contributed by atoms with E-state index in [1.165, 1.54) is 28.6 Å². The number of nitrogens with one attached hydrogen (secondary N) is 1. The van der Waals surface area contributed by atoms with Gasteiger partial charge in [-0.3, -0.25) is 4.79 Å². The quantitative estimate of drug-likeness (QED) is 0.830. The molecule has 1 amide bonds. The number of amides is 1. The van der Waals surface area contributed by atoms with Gasteiger partial charge in [-0.05, 0) is 55.3 Å². The fourth-order valence-electron chi connectivity index (χ4n) is 2.95. The van der Waals surface area contributed by atoms with Crippen molar-refractivity contribution in [3.05, 3.63) is 59.1 Å². The Hall–Kier alpha value is -2.03. The van der Waals surface area contributed by atoms with Crippen LogP contribution in [0.25, 0.3) is 0 Å². The summed E-state index contributed by atoms with van der Waals surface area (Å²) < 4.78 is 52.9. The lowest BCUT2D eigenvalue weighted by atomic mass is 9.99. The van der Waals surface area contributed by atoms with Crippen molar-refractivity contribution in [2.75, 3.05) is 18.4 Å². The van der Waals surface area contributed by atoms with Crippen molar-refractivity contribution >= 4 is 33.2 Å². The molecule has 0 bridgehead atoms. The second-order valence-electron chi connectivity index (χ2n) is 6.27. The minimum Gasteiger partial charge on any atom is -0.326 e. The van der Waals surface area contributed by atoms with E-state index in [1.807, 2.05) is 0 Å². The van der Waals surface area contributed by atoms with E-state index >= 15 is 0 Å². The van der Waals surface area contributed by atoms with Gasteiger partial charge in [-0.2, -0.15) is 4.31 Å². The average Bonchev–Trinajstić information content (AvgIpc) is 2.65. The largest absolute Gasteiger partial charge is 0.326 e. The summed E-state index contributed by atoms with van der Waals surface area (Å²) in [6, 6.07) is 8.39. The number of rotatable bonds is 4. The van der Waals surface area contributed by atoms with Gasteiger partial charge in [0.15, 0.2) is 0 Å². The van der Waals surface area contributed by atoms with E-state index in [2.05, 4.69) is 5.32 Å². The molecule has 9 heteroatoms. The molecular formula is C18H17ClF2N2O3S. The molecule has 1 fully saturated rings. The summed E-state index contributed by atoms with van der Waals surface area (Å²) in [7, 11) is -3.81. The summed E-state index contributed by atoms with van der Waals surface area (Å²) in [6.07, 6.45) is 1.04. The van der Waals surface area contributed by atoms with Crippen LogP contribution in [0, 0.1) is 17.6 Å². The molecule has 0 aliphatic carbocycles. The molecule has 1 atom stereocenters. The molecule has 2 aromatic rings. The first-order chi connectivity index (χ1) is 12.8. The van der Waals surface area contributed by atoms with Crippen LogP contribution in [-0.4, -0.2) is 31.7 Å². The number of sulfonamides is 1. The summed E-state index contributed by atoms with van der Waals surface area (Å²) in [5, 5.41) is 2.52. The fourth-order valence-corrected chi connectivity index (χ4v) is 4.65. The topological polar surface area (TPSA) is 66.5 Å². The minimum absolute atomic E-state index is 0.0144. The van der Waals surface area contributed by atoms with Gasteiger partial charge in [0.25, 0.3) is 0 Å². The number of benzene rings is 2. The first-order valence-electron chi connectivity index (χ1n) is 8.29. The highest BCUT2D eigenvalue weighted by Gasteiger charge is 2.33. The zero-order chi connectivity index (χ0) is 19.6. The third-order valence-electron chi connectivity index (χ3n) is 4.39. The highest BCUT2D eigenvalue weighted by molar-refractivity contribution is 7.89. The van der Waals surface area contributed by atoms with Crippen molar-refractivity contribution in [1.82, 2.24) is 4.31 Å². The lowest BCUT2D eigenvalue weighted by Gasteiger charge is -2.31. The van der Waals surface area contributed by atoms with Gasteiger partial charge in [-0.25, -0.2) is 17.2 Å². The summed E-state index contributed by atoms with van der Waals surface area (Å²) in [6.45, 7) is 0.298. The number of carbonyl (C=O) groups excluding carboxylic acids is 1. The van der Waals surface area contributed by atoms with Crippen molar-refractivity contribution in [3.8, 4) is 0 Å². The molecule has 0 saturated carbocycles. The maximum atomic E-state index is 13.2. The van der Waals surface area contributed by atoms with Gasteiger partial charge in [0.05, 0.1) is 15.8 Å². The number of anilines is 1. The predicted molar refractivity (Wildman–Crippen MR) is 97.9 cm³/mol. The smallest absolute Gasteiger partial charge is 0.243 e. The monoisotopic (exact) mass is 414 g/mol. The number of halogens is 3. The van der Waals surface area contributed by atoms with Gasteiger partial charge < -0.3 is 5.32 Å². The van der Waals surface area contributed by atoms with E-state index in [0.29, 0.717) is 18.5 Å². The average molecular weight is 415 g/mol. The Labute approximate surface area is 161 Å². The number of hydrogen-bond donors (Lipinski definition) is 1. The van der Waals surface area contributed by atoms with Crippen LogP contribution in [0.1, 0.15) is 12.8 Å². The molecule has 0 aromatic heterocycles. The Morgan fingerprint density at radius 1 is 1.15 bits per heavy atom. The van der Waals surface area contributed by atoms with E-state index in [1.54, 1.807) is 0 Å². The maximum Gasteiger partial charge on any atom is 0.243 e. The summed E-state index contributed by atoms with van der Waals surface area (Å²) in [5.41, 5.74) is 0.338. The van der Waals surface area contributed by atoms with Gasteiger partial charge >= 0.3 is 0 Å². The molecule has 1 aliphatic rings. The second-order valence-corrected chi connectivity index (χ2v) is 8.62. The zero-order valence-electron chi connectivity index (χ0n) is 14.2. The summed E-state index contributed by atoms with van der Waals surface area (Å²) in [4.78, 5) is 12.5. The van der Waals surface area contributed by atoms with Crippen LogP contribution >= 0.6 is 11.6 Å². The van der Waals surface area contributed by atoms with Crippen molar-refractivity contribution < 1.29 is 22.0 Å². The van der Waals surface area contributed by atoms with Crippen LogP contribution < -0.4 is 5.32 Å².